The fourth-order valence-corrected chi connectivity index (χ4v) is 1.73. The van der Waals surface area contributed by atoms with Gasteiger partial charge in [0.1, 0.15) is 0 Å². The second kappa shape index (κ2) is 1.87. The van der Waals surface area contributed by atoms with Crippen LogP contribution in [0.2, 0.25) is 0 Å². The first-order valence-electron chi connectivity index (χ1n) is 2.89. The van der Waals surface area contributed by atoms with Crippen LogP contribution in [0, 0.1) is 3.70 Å². The maximum Gasteiger partial charge on any atom is 0.0806 e. The molecule has 0 atom stereocenters. The molecule has 1 aromatic heterocycles. The number of nitrogens with zero attached hydrogens (tertiary/aromatic N) is 1. The van der Waals surface area contributed by atoms with Crippen LogP contribution in [0.1, 0.15) is 5.69 Å². The Morgan fingerprint density at radius 3 is 3.11 bits per heavy atom. The van der Waals surface area contributed by atoms with Gasteiger partial charge in [0.05, 0.1) is 3.70 Å². The zero-order chi connectivity index (χ0) is 6.27. The summed E-state index contributed by atoms with van der Waals surface area (Å²) in [7, 11) is 0. The van der Waals surface area contributed by atoms with Crippen LogP contribution in [-0.2, 0) is 6.54 Å². The molecule has 0 amide bonds. The second-order valence-corrected chi connectivity index (χ2v) is 3.20. The lowest BCUT2D eigenvalue weighted by Gasteiger charge is -1.96. The summed E-state index contributed by atoms with van der Waals surface area (Å²) in [5.41, 5.74) is 1.33. The van der Waals surface area contributed by atoms with Gasteiger partial charge in [-0.05, 0) is 40.8 Å². The first kappa shape index (κ1) is 5.53. The van der Waals surface area contributed by atoms with Crippen LogP contribution in [0.4, 0.5) is 0 Å². The highest BCUT2D eigenvalue weighted by Crippen LogP contribution is 2.17. The Labute approximate surface area is 67.5 Å². The van der Waals surface area contributed by atoms with Crippen LogP contribution in [0.15, 0.2) is 18.2 Å². The van der Waals surface area contributed by atoms with E-state index in [1.807, 2.05) is 0 Å². The van der Waals surface area contributed by atoms with Crippen molar-refractivity contribution in [3.63, 3.8) is 0 Å². The van der Waals surface area contributed by atoms with Crippen molar-refractivity contribution in [2.75, 3.05) is 0 Å². The van der Waals surface area contributed by atoms with Crippen molar-refractivity contribution in [3.05, 3.63) is 27.6 Å². The lowest BCUT2D eigenvalue weighted by molar-refractivity contribution is 0.824. The molecule has 0 aromatic carbocycles. The van der Waals surface area contributed by atoms with Crippen LogP contribution < -0.4 is 0 Å². The van der Waals surface area contributed by atoms with E-state index >= 15 is 0 Å². The van der Waals surface area contributed by atoms with Gasteiger partial charge in [-0.25, -0.2) is 0 Å². The molecule has 0 saturated carbocycles. The predicted molar refractivity (Wildman–Crippen MR) is 46.2 cm³/mol. The van der Waals surface area contributed by atoms with Crippen molar-refractivity contribution in [1.82, 2.24) is 4.57 Å². The molecular formula is C7H6IN. The van der Waals surface area contributed by atoms with E-state index < -0.39 is 0 Å². The molecular weight excluding hydrogens is 225 g/mol. The molecule has 1 nitrogen and oxygen atoms in total. The number of aromatic nitrogens is 1. The Bertz CT molecular complexity index is 260. The molecule has 9 heavy (non-hydrogen) atoms. The normalized spacial score (nSPS) is 14.3. The summed E-state index contributed by atoms with van der Waals surface area (Å²) in [6.45, 7) is 1.06. The van der Waals surface area contributed by atoms with Crippen LogP contribution in [-0.4, -0.2) is 4.57 Å². The molecule has 0 saturated heterocycles. The summed E-state index contributed by atoms with van der Waals surface area (Å²) in [5.74, 6) is 0. The number of halogens is 1. The molecule has 0 spiro atoms. The summed E-state index contributed by atoms with van der Waals surface area (Å²) in [5, 5.41) is 0. The molecule has 2 heteroatoms. The van der Waals surface area contributed by atoms with E-state index in [0.29, 0.717) is 0 Å². The second-order valence-electron chi connectivity index (χ2n) is 2.09. The van der Waals surface area contributed by atoms with Gasteiger partial charge < -0.3 is 4.57 Å². The highest BCUT2D eigenvalue weighted by atomic mass is 127. The lowest BCUT2D eigenvalue weighted by Crippen LogP contribution is -1.93. The minimum Gasteiger partial charge on any atom is -0.333 e. The zero-order valence-electron chi connectivity index (χ0n) is 4.84. The molecule has 2 rings (SSSR count). The van der Waals surface area contributed by atoms with Gasteiger partial charge in [0.15, 0.2) is 0 Å². The first-order chi connectivity index (χ1) is 4.38. The van der Waals surface area contributed by atoms with Gasteiger partial charge in [-0.15, -0.1) is 0 Å². The summed E-state index contributed by atoms with van der Waals surface area (Å²) in [6, 6.07) is 4.28. The van der Waals surface area contributed by atoms with E-state index in [4.69, 9.17) is 0 Å². The number of hydrogen-bond donors (Lipinski definition) is 0. The topological polar surface area (TPSA) is 4.93 Å². The molecule has 46 valence electrons. The summed E-state index contributed by atoms with van der Waals surface area (Å²) in [6.07, 6.45) is 4.33. The number of allylic oxidation sites excluding steroid dienone is 1. The predicted octanol–water partition coefficient (Wildman–Crippen LogP) is 2.12. The molecule has 0 bridgehead atoms. The van der Waals surface area contributed by atoms with Gasteiger partial charge in [0.2, 0.25) is 0 Å². The van der Waals surface area contributed by atoms with Crippen LogP contribution in [0.5, 0.6) is 0 Å². The number of rotatable bonds is 0. The fraction of sp³-hybridized carbons (Fsp3) is 0.143. The molecule has 0 aliphatic carbocycles. The lowest BCUT2D eigenvalue weighted by atomic mass is 10.4. The average Bonchev–Trinajstić information content (AvgIpc) is 2.35. The Balaban J connectivity index is 2.65. The van der Waals surface area contributed by atoms with E-state index in [2.05, 4.69) is 51.4 Å². The third kappa shape index (κ3) is 0.729. The number of fused-ring (bicyclic) bond motifs is 1. The van der Waals surface area contributed by atoms with Crippen LogP contribution in [0.3, 0.4) is 0 Å². The van der Waals surface area contributed by atoms with Gasteiger partial charge in [-0.1, -0.05) is 6.08 Å². The van der Waals surface area contributed by atoms with Crippen molar-refractivity contribution in [2.45, 2.75) is 6.54 Å². The van der Waals surface area contributed by atoms with Crippen molar-refractivity contribution < 1.29 is 0 Å². The summed E-state index contributed by atoms with van der Waals surface area (Å²) < 4.78 is 3.60. The van der Waals surface area contributed by atoms with Crippen LogP contribution >= 0.6 is 22.6 Å². The zero-order valence-corrected chi connectivity index (χ0v) is 7.00. The van der Waals surface area contributed by atoms with E-state index in [9.17, 15) is 0 Å². The SMILES string of the molecule is Ic1ccc2n1CC=C2. The van der Waals surface area contributed by atoms with Crippen molar-refractivity contribution in [1.29, 1.82) is 0 Å². The van der Waals surface area contributed by atoms with Gasteiger partial charge in [-0.3, -0.25) is 0 Å². The first-order valence-corrected chi connectivity index (χ1v) is 3.97. The third-order valence-electron chi connectivity index (χ3n) is 1.54. The quantitative estimate of drug-likeness (QED) is 0.602. The van der Waals surface area contributed by atoms with Crippen molar-refractivity contribution in [2.24, 2.45) is 0 Å². The van der Waals surface area contributed by atoms with E-state index in [1.165, 1.54) is 9.39 Å². The van der Waals surface area contributed by atoms with E-state index in [-0.39, 0.29) is 0 Å². The minimum absolute atomic E-state index is 1.06. The third-order valence-corrected chi connectivity index (χ3v) is 2.48. The molecule has 0 fully saturated rings. The summed E-state index contributed by atoms with van der Waals surface area (Å²) in [4.78, 5) is 0. The van der Waals surface area contributed by atoms with Gasteiger partial charge in [-0.2, -0.15) is 0 Å². The Hall–Kier alpha value is -0.250. The fourth-order valence-electron chi connectivity index (χ4n) is 1.07. The van der Waals surface area contributed by atoms with Crippen LogP contribution in [0.25, 0.3) is 6.08 Å². The maximum atomic E-state index is 2.34. The Morgan fingerprint density at radius 1 is 1.44 bits per heavy atom. The Morgan fingerprint density at radius 2 is 2.33 bits per heavy atom. The van der Waals surface area contributed by atoms with Crippen molar-refractivity contribution in [3.8, 4) is 0 Å². The van der Waals surface area contributed by atoms with Gasteiger partial charge >= 0.3 is 0 Å². The highest BCUT2D eigenvalue weighted by Gasteiger charge is 2.04. The molecule has 0 unspecified atom stereocenters. The van der Waals surface area contributed by atoms with Gasteiger partial charge in [0.25, 0.3) is 0 Å². The molecule has 1 aliphatic rings. The average molecular weight is 231 g/mol. The van der Waals surface area contributed by atoms with Crippen molar-refractivity contribution >= 4 is 28.7 Å². The molecule has 1 aliphatic heterocycles. The number of hydrogen-bond acceptors (Lipinski definition) is 0. The van der Waals surface area contributed by atoms with E-state index in [0.717, 1.165) is 6.54 Å². The molecule has 0 N–H and O–H groups in total. The largest absolute Gasteiger partial charge is 0.333 e. The summed E-state index contributed by atoms with van der Waals surface area (Å²) >= 11 is 2.34. The molecule has 1 aromatic rings. The standard InChI is InChI=1S/C7H6IN/c8-7-4-3-6-2-1-5-9(6)7/h1-4H,5H2. The van der Waals surface area contributed by atoms with Gasteiger partial charge in [0, 0.05) is 12.2 Å². The highest BCUT2D eigenvalue weighted by molar-refractivity contribution is 14.1. The monoisotopic (exact) mass is 231 g/mol. The molecule has 2 heterocycles. The molecule has 0 radical (unpaired) electrons. The maximum absolute atomic E-state index is 2.34. The Kier molecular flexibility index (Phi) is 1.15. The smallest absolute Gasteiger partial charge is 0.0806 e. The minimum atomic E-state index is 1.06. The van der Waals surface area contributed by atoms with E-state index in [1.54, 1.807) is 0 Å².